The molecule has 3 heteroatoms. The van der Waals surface area contributed by atoms with Gasteiger partial charge in [0.1, 0.15) is 0 Å². The van der Waals surface area contributed by atoms with Gasteiger partial charge in [0.25, 0.3) is 0 Å². The Kier molecular flexibility index (Phi) is 22.5. The topological polar surface area (TPSA) is 29.5 Å². The molecule has 0 saturated heterocycles. The van der Waals surface area contributed by atoms with Crippen LogP contribution in [0.1, 0.15) is 96.8 Å². The van der Waals surface area contributed by atoms with Gasteiger partial charge >= 0.3 is 0 Å². The van der Waals surface area contributed by atoms with E-state index in [1.165, 1.54) is 89.2 Å². The minimum Gasteiger partial charge on any atom is -0.396 e. The van der Waals surface area contributed by atoms with Crippen molar-refractivity contribution in [2.75, 3.05) is 31.3 Å². The van der Waals surface area contributed by atoms with Gasteiger partial charge in [-0.15, -0.1) is 0 Å². The van der Waals surface area contributed by atoms with Crippen LogP contribution in [-0.4, -0.2) is 36.4 Å². The van der Waals surface area contributed by atoms with E-state index in [1.54, 1.807) is 0 Å². The van der Waals surface area contributed by atoms with Crippen molar-refractivity contribution in [1.82, 2.24) is 0 Å². The van der Waals surface area contributed by atoms with E-state index < -0.39 is 0 Å². The zero-order chi connectivity index (χ0) is 16.8. The monoisotopic (exact) mass is 346 g/mol. The molecule has 0 aromatic rings. The lowest BCUT2D eigenvalue weighted by Gasteiger charge is -2.05. The van der Waals surface area contributed by atoms with Crippen molar-refractivity contribution in [1.29, 1.82) is 0 Å². The Hall–Kier alpha value is 0.270. The maximum Gasteiger partial charge on any atom is 0.0466 e. The smallest absolute Gasteiger partial charge is 0.0466 e. The van der Waals surface area contributed by atoms with Crippen molar-refractivity contribution in [2.45, 2.75) is 96.8 Å². The van der Waals surface area contributed by atoms with Crippen LogP contribution in [0.3, 0.4) is 0 Å². The molecule has 0 heterocycles. The predicted molar refractivity (Wildman–Crippen MR) is 106 cm³/mol. The van der Waals surface area contributed by atoms with Crippen LogP contribution in [0.25, 0.3) is 0 Å². The molecule has 0 aromatic carbocycles. The number of thioether (sulfide) groups is 1. The summed E-state index contributed by atoms with van der Waals surface area (Å²) in [7, 11) is 0. The summed E-state index contributed by atoms with van der Waals surface area (Å²) in [4.78, 5) is 0. The molecule has 0 unspecified atom stereocenters. The molecule has 0 radical (unpaired) electrons. The predicted octanol–water partition coefficient (Wildman–Crippen LogP) is 6.21. The molecule has 0 amide bonds. The summed E-state index contributed by atoms with van der Waals surface area (Å²) in [6, 6.07) is 0. The minimum absolute atomic E-state index is 0.339. The van der Waals surface area contributed by atoms with Crippen LogP contribution < -0.4 is 0 Å². The SMILES string of the molecule is CCCCCCCCCCOCCCCCCCSCCCO. The summed E-state index contributed by atoms with van der Waals surface area (Å²) < 4.78 is 5.72. The van der Waals surface area contributed by atoms with Gasteiger partial charge in [-0.05, 0) is 37.2 Å². The number of rotatable bonds is 20. The summed E-state index contributed by atoms with van der Waals surface area (Å²) in [5, 5.41) is 8.68. The van der Waals surface area contributed by atoms with E-state index in [2.05, 4.69) is 6.92 Å². The summed E-state index contributed by atoms with van der Waals surface area (Å²) in [5.74, 6) is 2.37. The Labute approximate surface area is 150 Å². The standard InChI is InChI=1S/C20H42O2S/c1-2-3-4-5-6-7-9-12-17-22-18-13-10-8-11-14-19-23-20-15-16-21/h21H,2-20H2,1H3. The molecule has 23 heavy (non-hydrogen) atoms. The molecule has 0 saturated carbocycles. The minimum atomic E-state index is 0.339. The highest BCUT2D eigenvalue weighted by molar-refractivity contribution is 7.99. The lowest BCUT2D eigenvalue weighted by Crippen LogP contribution is -1.97. The Morgan fingerprint density at radius 3 is 1.65 bits per heavy atom. The Morgan fingerprint density at radius 2 is 1.09 bits per heavy atom. The van der Waals surface area contributed by atoms with Gasteiger partial charge in [0.2, 0.25) is 0 Å². The van der Waals surface area contributed by atoms with Gasteiger partial charge < -0.3 is 9.84 Å². The van der Waals surface area contributed by atoms with E-state index in [-0.39, 0.29) is 0 Å². The van der Waals surface area contributed by atoms with Crippen molar-refractivity contribution in [3.05, 3.63) is 0 Å². The highest BCUT2D eigenvalue weighted by Crippen LogP contribution is 2.10. The molecule has 0 spiro atoms. The number of aliphatic hydroxyl groups is 1. The third-order valence-corrected chi connectivity index (χ3v) is 5.32. The van der Waals surface area contributed by atoms with Crippen LogP contribution in [0, 0.1) is 0 Å². The number of ether oxygens (including phenoxy) is 1. The number of hydrogen-bond donors (Lipinski definition) is 1. The summed E-state index contributed by atoms with van der Waals surface area (Å²) >= 11 is 1.98. The van der Waals surface area contributed by atoms with Gasteiger partial charge in [0.15, 0.2) is 0 Å². The molecule has 0 aromatic heterocycles. The van der Waals surface area contributed by atoms with E-state index in [1.807, 2.05) is 11.8 Å². The first-order valence-electron chi connectivity index (χ1n) is 10.2. The molecule has 0 atom stereocenters. The molecule has 0 aliphatic carbocycles. The van der Waals surface area contributed by atoms with E-state index in [0.717, 1.165) is 25.4 Å². The fourth-order valence-corrected chi connectivity index (χ4v) is 3.59. The average molecular weight is 347 g/mol. The molecule has 1 N–H and O–H groups in total. The van der Waals surface area contributed by atoms with Gasteiger partial charge in [-0.3, -0.25) is 0 Å². The number of aliphatic hydroxyl groups excluding tert-OH is 1. The maximum atomic E-state index is 8.68. The van der Waals surface area contributed by atoms with Gasteiger partial charge in [-0.2, -0.15) is 11.8 Å². The van der Waals surface area contributed by atoms with Gasteiger partial charge in [-0.25, -0.2) is 0 Å². The third-order valence-electron chi connectivity index (χ3n) is 4.17. The molecule has 0 bridgehead atoms. The first-order chi connectivity index (χ1) is 11.4. The third kappa shape index (κ3) is 22.3. The van der Waals surface area contributed by atoms with Crippen LogP contribution in [-0.2, 0) is 4.74 Å². The Morgan fingerprint density at radius 1 is 0.609 bits per heavy atom. The molecular formula is C20H42O2S. The van der Waals surface area contributed by atoms with Crippen LogP contribution >= 0.6 is 11.8 Å². The molecule has 0 aliphatic heterocycles. The molecular weight excluding hydrogens is 304 g/mol. The second kappa shape index (κ2) is 22.3. The molecule has 2 nitrogen and oxygen atoms in total. The van der Waals surface area contributed by atoms with Gasteiger partial charge in [0.05, 0.1) is 0 Å². The van der Waals surface area contributed by atoms with Crippen LogP contribution in [0.15, 0.2) is 0 Å². The number of hydrogen-bond acceptors (Lipinski definition) is 3. The molecule has 0 aliphatic rings. The first-order valence-corrected chi connectivity index (χ1v) is 11.3. The fourth-order valence-electron chi connectivity index (χ4n) is 2.65. The zero-order valence-corrected chi connectivity index (χ0v) is 16.5. The van der Waals surface area contributed by atoms with Crippen LogP contribution in [0.2, 0.25) is 0 Å². The van der Waals surface area contributed by atoms with Gasteiger partial charge in [-0.1, -0.05) is 71.1 Å². The van der Waals surface area contributed by atoms with E-state index in [9.17, 15) is 0 Å². The molecule has 0 rings (SSSR count). The Balaban J connectivity index is 2.92. The fraction of sp³-hybridized carbons (Fsp3) is 1.00. The second-order valence-electron chi connectivity index (χ2n) is 6.54. The van der Waals surface area contributed by atoms with Crippen molar-refractivity contribution in [3.8, 4) is 0 Å². The lowest BCUT2D eigenvalue weighted by atomic mass is 10.1. The largest absolute Gasteiger partial charge is 0.396 e. The van der Waals surface area contributed by atoms with E-state index >= 15 is 0 Å². The van der Waals surface area contributed by atoms with Crippen molar-refractivity contribution < 1.29 is 9.84 Å². The average Bonchev–Trinajstić information content (AvgIpc) is 2.57. The summed E-state index contributed by atoms with van der Waals surface area (Å²) in [6.45, 7) is 4.54. The van der Waals surface area contributed by atoms with Crippen molar-refractivity contribution in [2.24, 2.45) is 0 Å². The Bertz CT molecular complexity index is 180. The quantitative estimate of drug-likeness (QED) is 0.266. The zero-order valence-electron chi connectivity index (χ0n) is 15.7. The van der Waals surface area contributed by atoms with Crippen molar-refractivity contribution >= 4 is 11.8 Å². The number of unbranched alkanes of at least 4 members (excludes halogenated alkanes) is 11. The van der Waals surface area contributed by atoms with Crippen LogP contribution in [0.5, 0.6) is 0 Å². The lowest BCUT2D eigenvalue weighted by molar-refractivity contribution is 0.125. The highest BCUT2D eigenvalue weighted by atomic mass is 32.2. The summed E-state index contributed by atoms with van der Waals surface area (Å²) in [6.07, 6.45) is 18.5. The molecule has 140 valence electrons. The van der Waals surface area contributed by atoms with Crippen molar-refractivity contribution in [3.63, 3.8) is 0 Å². The first kappa shape index (κ1) is 23.3. The van der Waals surface area contributed by atoms with Crippen LogP contribution in [0.4, 0.5) is 0 Å². The normalized spacial score (nSPS) is 11.2. The second-order valence-corrected chi connectivity index (χ2v) is 7.77. The van der Waals surface area contributed by atoms with E-state index in [0.29, 0.717) is 6.61 Å². The maximum absolute atomic E-state index is 8.68. The van der Waals surface area contributed by atoms with E-state index in [4.69, 9.17) is 9.84 Å². The summed E-state index contributed by atoms with van der Waals surface area (Å²) in [5.41, 5.74) is 0. The highest BCUT2D eigenvalue weighted by Gasteiger charge is 1.94. The molecule has 0 fully saturated rings. The van der Waals surface area contributed by atoms with Gasteiger partial charge in [0, 0.05) is 19.8 Å².